The molecule has 0 saturated heterocycles. The van der Waals surface area contributed by atoms with Crippen LogP contribution >= 0.6 is 12.2 Å². The fourth-order valence-corrected chi connectivity index (χ4v) is 1.74. The first-order valence-electron chi connectivity index (χ1n) is 4.62. The zero-order chi connectivity index (χ0) is 11.6. The van der Waals surface area contributed by atoms with Gasteiger partial charge in [0.2, 0.25) is 5.91 Å². The van der Waals surface area contributed by atoms with Crippen molar-refractivity contribution in [1.82, 2.24) is 9.97 Å². The molecule has 4 N–H and O–H groups in total. The minimum atomic E-state index is -0.538. The third-order valence-corrected chi connectivity index (χ3v) is 2.64. The predicted molar refractivity (Wildman–Crippen MR) is 59.2 cm³/mol. The van der Waals surface area contributed by atoms with E-state index in [1.165, 1.54) is 0 Å². The molecule has 0 aliphatic rings. The van der Waals surface area contributed by atoms with Crippen molar-refractivity contribution in [2.45, 2.75) is 26.2 Å². The smallest absolute Gasteiger partial charge is 0.324 e. The van der Waals surface area contributed by atoms with Crippen molar-refractivity contribution in [1.29, 1.82) is 0 Å². The second kappa shape index (κ2) is 4.39. The van der Waals surface area contributed by atoms with Crippen molar-refractivity contribution < 1.29 is 4.79 Å². The van der Waals surface area contributed by atoms with Crippen LogP contribution in [0.15, 0.2) is 4.79 Å². The predicted octanol–water partition coefficient (Wildman–Crippen LogP) is 0.584. The highest BCUT2D eigenvalue weighted by atomic mass is 32.1. The molecular formula is C9H13N3O2S. The Labute approximate surface area is 91.7 Å². The number of H-pyrrole nitrogens is 2. The molecule has 15 heavy (non-hydrogen) atoms. The fraction of sp³-hybridized carbons (Fsp3) is 0.444. The van der Waals surface area contributed by atoms with Crippen LogP contribution in [0.3, 0.4) is 0 Å². The Morgan fingerprint density at radius 3 is 2.60 bits per heavy atom. The summed E-state index contributed by atoms with van der Waals surface area (Å²) < 4.78 is 0.365. The Morgan fingerprint density at radius 1 is 1.53 bits per heavy atom. The highest BCUT2D eigenvalue weighted by Gasteiger charge is 2.17. The van der Waals surface area contributed by atoms with Gasteiger partial charge in [-0.15, -0.1) is 0 Å². The van der Waals surface area contributed by atoms with Crippen molar-refractivity contribution in [3.63, 3.8) is 0 Å². The van der Waals surface area contributed by atoms with Crippen LogP contribution in [-0.4, -0.2) is 15.9 Å². The van der Waals surface area contributed by atoms with Crippen LogP contribution in [0, 0.1) is 4.64 Å². The molecule has 1 aromatic heterocycles. The Balaban J connectivity index is 3.45. The SMILES string of the molecule is CCc1c(C(C)C(N)=O)[nH]c(=O)[nH]c1=S. The molecule has 1 amide bonds. The largest absolute Gasteiger partial charge is 0.369 e. The van der Waals surface area contributed by atoms with Crippen molar-refractivity contribution in [2.24, 2.45) is 5.73 Å². The molecule has 0 radical (unpaired) electrons. The van der Waals surface area contributed by atoms with Gasteiger partial charge in [0, 0.05) is 11.3 Å². The van der Waals surface area contributed by atoms with Crippen molar-refractivity contribution in [2.75, 3.05) is 0 Å². The van der Waals surface area contributed by atoms with E-state index >= 15 is 0 Å². The molecule has 6 heteroatoms. The first-order chi connectivity index (χ1) is 6.97. The van der Waals surface area contributed by atoms with Crippen LogP contribution in [0.4, 0.5) is 0 Å². The molecule has 1 heterocycles. The van der Waals surface area contributed by atoms with E-state index in [0.717, 1.165) is 5.56 Å². The van der Waals surface area contributed by atoms with E-state index in [0.29, 0.717) is 16.8 Å². The Morgan fingerprint density at radius 2 is 2.13 bits per heavy atom. The van der Waals surface area contributed by atoms with Gasteiger partial charge in [0.05, 0.1) is 5.92 Å². The molecule has 1 aromatic rings. The summed E-state index contributed by atoms with van der Waals surface area (Å²) in [5.74, 6) is -1.02. The van der Waals surface area contributed by atoms with Gasteiger partial charge in [-0.05, 0) is 13.3 Å². The molecule has 82 valence electrons. The summed E-state index contributed by atoms with van der Waals surface area (Å²) in [7, 11) is 0. The Hall–Kier alpha value is -1.43. The van der Waals surface area contributed by atoms with E-state index in [1.807, 2.05) is 6.92 Å². The Kier molecular flexibility index (Phi) is 3.41. The number of aromatic amines is 2. The van der Waals surface area contributed by atoms with Gasteiger partial charge in [0.25, 0.3) is 0 Å². The Bertz CT molecular complexity index is 489. The summed E-state index contributed by atoms with van der Waals surface area (Å²) in [6, 6.07) is 0. The second-order valence-corrected chi connectivity index (χ2v) is 3.69. The number of hydrogen-bond acceptors (Lipinski definition) is 3. The van der Waals surface area contributed by atoms with Gasteiger partial charge < -0.3 is 10.7 Å². The molecule has 0 spiro atoms. The van der Waals surface area contributed by atoms with Crippen molar-refractivity contribution >= 4 is 18.1 Å². The molecule has 0 saturated carbocycles. The number of carbonyl (C=O) groups excluding carboxylic acids is 1. The van der Waals surface area contributed by atoms with Gasteiger partial charge in [-0.2, -0.15) is 0 Å². The van der Waals surface area contributed by atoms with Gasteiger partial charge in [-0.1, -0.05) is 19.1 Å². The van der Waals surface area contributed by atoms with E-state index in [1.54, 1.807) is 6.92 Å². The average Bonchev–Trinajstić information content (AvgIpc) is 2.15. The highest BCUT2D eigenvalue weighted by Crippen LogP contribution is 2.16. The zero-order valence-electron chi connectivity index (χ0n) is 8.59. The summed E-state index contributed by atoms with van der Waals surface area (Å²) >= 11 is 5.00. The number of aromatic nitrogens is 2. The van der Waals surface area contributed by atoms with E-state index in [2.05, 4.69) is 9.97 Å². The van der Waals surface area contributed by atoms with Crippen LogP contribution in [0.2, 0.25) is 0 Å². The normalized spacial score (nSPS) is 12.4. The first-order valence-corrected chi connectivity index (χ1v) is 5.02. The summed E-state index contributed by atoms with van der Waals surface area (Å²) in [5, 5.41) is 0. The maximum absolute atomic E-state index is 11.2. The third kappa shape index (κ3) is 2.33. The maximum Gasteiger partial charge on any atom is 0.324 e. The van der Waals surface area contributed by atoms with E-state index in [-0.39, 0.29) is 0 Å². The minimum Gasteiger partial charge on any atom is -0.369 e. The number of amides is 1. The average molecular weight is 227 g/mol. The van der Waals surface area contributed by atoms with Gasteiger partial charge >= 0.3 is 5.69 Å². The van der Waals surface area contributed by atoms with Crippen LogP contribution in [0.25, 0.3) is 0 Å². The van der Waals surface area contributed by atoms with Crippen LogP contribution in [0.1, 0.15) is 31.0 Å². The van der Waals surface area contributed by atoms with E-state index < -0.39 is 17.5 Å². The molecule has 1 rings (SSSR count). The quantitative estimate of drug-likeness (QED) is 0.660. The number of primary amides is 1. The van der Waals surface area contributed by atoms with E-state index in [9.17, 15) is 9.59 Å². The lowest BCUT2D eigenvalue weighted by molar-refractivity contribution is -0.119. The van der Waals surface area contributed by atoms with Crippen molar-refractivity contribution in [3.05, 3.63) is 26.4 Å². The number of carbonyl (C=O) groups is 1. The zero-order valence-corrected chi connectivity index (χ0v) is 9.40. The summed E-state index contributed by atoms with van der Waals surface area (Å²) in [6.45, 7) is 3.54. The van der Waals surface area contributed by atoms with Gasteiger partial charge in [-0.25, -0.2) is 4.79 Å². The summed E-state index contributed by atoms with van der Waals surface area (Å²) in [4.78, 5) is 27.3. The molecular weight excluding hydrogens is 214 g/mol. The van der Waals surface area contributed by atoms with E-state index in [4.69, 9.17) is 18.0 Å². The van der Waals surface area contributed by atoms with Gasteiger partial charge in [0.1, 0.15) is 4.64 Å². The van der Waals surface area contributed by atoms with Crippen LogP contribution < -0.4 is 11.4 Å². The monoisotopic (exact) mass is 227 g/mol. The van der Waals surface area contributed by atoms with Gasteiger partial charge in [-0.3, -0.25) is 9.78 Å². The molecule has 0 aliphatic heterocycles. The number of rotatable bonds is 3. The second-order valence-electron chi connectivity index (χ2n) is 3.28. The molecule has 0 aromatic carbocycles. The lowest BCUT2D eigenvalue weighted by atomic mass is 10.0. The first kappa shape index (κ1) is 11.6. The number of nitrogens with one attached hydrogen (secondary N) is 2. The molecule has 1 atom stereocenters. The maximum atomic E-state index is 11.2. The summed E-state index contributed by atoms with van der Waals surface area (Å²) in [5.41, 5.74) is 6.04. The third-order valence-electron chi connectivity index (χ3n) is 2.29. The van der Waals surface area contributed by atoms with Crippen LogP contribution in [-0.2, 0) is 11.2 Å². The topological polar surface area (TPSA) is 91.7 Å². The van der Waals surface area contributed by atoms with Crippen LogP contribution in [0.5, 0.6) is 0 Å². The molecule has 0 aliphatic carbocycles. The molecule has 0 bridgehead atoms. The highest BCUT2D eigenvalue weighted by molar-refractivity contribution is 7.71. The molecule has 5 nitrogen and oxygen atoms in total. The number of nitrogens with two attached hydrogens (primary N) is 1. The van der Waals surface area contributed by atoms with Crippen molar-refractivity contribution in [3.8, 4) is 0 Å². The fourth-order valence-electron chi connectivity index (χ4n) is 1.39. The lowest BCUT2D eigenvalue weighted by Gasteiger charge is -2.11. The van der Waals surface area contributed by atoms with Gasteiger partial charge in [0.15, 0.2) is 0 Å². The minimum absolute atomic E-state index is 0.365. The molecule has 1 unspecified atom stereocenters. The standard InChI is InChI=1S/C9H13N3O2S/c1-3-5-6(4(2)7(10)13)11-9(14)12-8(5)15/h4H,3H2,1-2H3,(H2,10,13)(H2,11,12,14,15). The molecule has 0 fully saturated rings. The number of hydrogen-bond donors (Lipinski definition) is 3. The lowest BCUT2D eigenvalue weighted by Crippen LogP contribution is -2.25. The summed E-state index contributed by atoms with van der Waals surface area (Å²) in [6.07, 6.45) is 0.638.